The van der Waals surface area contributed by atoms with Crippen LogP contribution in [0.1, 0.15) is 26.2 Å². The Hall–Kier alpha value is -1.44. The van der Waals surface area contributed by atoms with E-state index in [1.54, 1.807) is 6.92 Å². The third kappa shape index (κ3) is 5.28. The Labute approximate surface area is 116 Å². The molecule has 0 aliphatic carbocycles. The van der Waals surface area contributed by atoms with Crippen molar-refractivity contribution in [3.05, 3.63) is 0 Å². The summed E-state index contributed by atoms with van der Waals surface area (Å²) in [6.07, 6.45) is -1.05. The van der Waals surface area contributed by atoms with Crippen molar-refractivity contribution in [2.75, 3.05) is 26.3 Å². The number of morpholine rings is 1. The number of carbonyl (C=O) groups excluding carboxylic acids is 1. The topological polar surface area (TPSA) is 78.9 Å². The van der Waals surface area contributed by atoms with Crippen LogP contribution in [0.4, 0.5) is 13.6 Å². The normalized spacial score (nSPS) is 17.6. The highest BCUT2D eigenvalue weighted by atomic mass is 19.3. The number of hydrogen-bond acceptors (Lipinski definition) is 3. The molecule has 0 bridgehead atoms. The van der Waals surface area contributed by atoms with E-state index in [0.717, 1.165) is 0 Å². The number of carboxylic acid groups (broad SMARTS) is 1. The van der Waals surface area contributed by atoms with Crippen LogP contribution in [0.3, 0.4) is 0 Å². The summed E-state index contributed by atoms with van der Waals surface area (Å²) in [6, 6.07) is -2.24. The third-order valence-corrected chi connectivity index (χ3v) is 3.01. The number of rotatable bonds is 6. The smallest absolute Gasteiger partial charge is 0.326 e. The maximum Gasteiger partial charge on any atom is 0.326 e. The van der Waals surface area contributed by atoms with Crippen molar-refractivity contribution in [2.24, 2.45) is 0 Å². The molecule has 0 unspecified atom stereocenters. The molecule has 2 amide bonds. The molecular weight excluding hydrogens is 274 g/mol. The minimum atomic E-state index is -3.10. The fraction of sp³-hybridized carbons (Fsp3) is 0.833. The van der Waals surface area contributed by atoms with Crippen LogP contribution in [0, 0.1) is 0 Å². The first-order chi connectivity index (χ1) is 9.35. The number of urea groups is 1. The fourth-order valence-electron chi connectivity index (χ4n) is 1.97. The van der Waals surface area contributed by atoms with Crippen molar-refractivity contribution >= 4 is 12.0 Å². The Morgan fingerprint density at radius 1 is 1.40 bits per heavy atom. The molecule has 1 aliphatic rings. The molecule has 0 aromatic carbocycles. The molecule has 8 heteroatoms. The maximum atomic E-state index is 13.5. The zero-order chi connectivity index (χ0) is 15.2. The average Bonchev–Trinajstić information content (AvgIpc) is 2.38. The summed E-state index contributed by atoms with van der Waals surface area (Å²) in [6.45, 7) is 2.96. The van der Waals surface area contributed by atoms with Gasteiger partial charge in [0.25, 0.3) is 5.92 Å². The molecule has 0 aromatic heterocycles. The molecule has 1 heterocycles. The number of nitrogens with zero attached hydrogens (tertiary/aromatic N) is 1. The number of aliphatic carboxylic acids is 1. The molecule has 1 aliphatic heterocycles. The van der Waals surface area contributed by atoms with E-state index in [1.165, 1.54) is 4.90 Å². The summed E-state index contributed by atoms with van der Waals surface area (Å²) >= 11 is 0. The van der Waals surface area contributed by atoms with Gasteiger partial charge in [-0.1, -0.05) is 13.3 Å². The standard InChI is InChI=1S/C12H20F2N2O4/c1-2-3-12(13,14)8-9(10(17)18)15-11(19)16-4-6-20-7-5-16/h9H,2-8H2,1H3,(H,15,19)(H,17,18)/t9-/m0/s1. The monoisotopic (exact) mass is 294 g/mol. The van der Waals surface area contributed by atoms with Gasteiger partial charge in [0.15, 0.2) is 0 Å². The molecule has 0 saturated carbocycles. The van der Waals surface area contributed by atoms with Gasteiger partial charge in [0.05, 0.1) is 13.2 Å². The summed E-state index contributed by atoms with van der Waals surface area (Å²) in [5, 5.41) is 11.1. The van der Waals surface area contributed by atoms with E-state index in [4.69, 9.17) is 9.84 Å². The summed E-state index contributed by atoms with van der Waals surface area (Å²) < 4.78 is 32.0. The highest BCUT2D eigenvalue weighted by molar-refractivity contribution is 5.82. The van der Waals surface area contributed by atoms with Gasteiger partial charge in [0.2, 0.25) is 0 Å². The van der Waals surface area contributed by atoms with Gasteiger partial charge >= 0.3 is 12.0 Å². The van der Waals surface area contributed by atoms with Gasteiger partial charge in [-0.2, -0.15) is 0 Å². The first kappa shape index (κ1) is 16.6. The number of amides is 2. The lowest BCUT2D eigenvalue weighted by Crippen LogP contribution is -2.52. The van der Waals surface area contributed by atoms with Gasteiger partial charge in [-0.05, 0) is 0 Å². The quantitative estimate of drug-likeness (QED) is 0.774. The first-order valence-electron chi connectivity index (χ1n) is 6.59. The van der Waals surface area contributed by atoms with Crippen molar-refractivity contribution in [3.63, 3.8) is 0 Å². The Morgan fingerprint density at radius 3 is 2.50 bits per heavy atom. The van der Waals surface area contributed by atoms with E-state index in [9.17, 15) is 18.4 Å². The molecule has 6 nitrogen and oxygen atoms in total. The van der Waals surface area contributed by atoms with Gasteiger partial charge in [-0.25, -0.2) is 18.4 Å². The summed E-state index contributed by atoms with van der Waals surface area (Å²) in [5.74, 6) is -4.56. The second-order valence-corrected chi connectivity index (χ2v) is 4.75. The third-order valence-electron chi connectivity index (χ3n) is 3.01. The van der Waals surface area contributed by atoms with E-state index >= 15 is 0 Å². The Bertz CT molecular complexity index is 346. The van der Waals surface area contributed by atoms with Gasteiger partial charge in [-0.3, -0.25) is 0 Å². The molecule has 1 atom stereocenters. The number of hydrogen-bond donors (Lipinski definition) is 2. The minimum Gasteiger partial charge on any atom is -0.480 e. The molecule has 0 radical (unpaired) electrons. The molecule has 1 fully saturated rings. The van der Waals surface area contributed by atoms with Crippen LogP contribution in [-0.2, 0) is 9.53 Å². The highest BCUT2D eigenvalue weighted by Crippen LogP contribution is 2.26. The minimum absolute atomic E-state index is 0.247. The van der Waals surface area contributed by atoms with Crippen LogP contribution in [0.25, 0.3) is 0 Å². The van der Waals surface area contributed by atoms with Crippen molar-refractivity contribution in [1.82, 2.24) is 10.2 Å². The van der Waals surface area contributed by atoms with E-state index in [1.807, 2.05) is 0 Å². The summed E-state index contributed by atoms with van der Waals surface area (Å²) in [4.78, 5) is 24.2. The van der Waals surface area contributed by atoms with Crippen molar-refractivity contribution < 1.29 is 28.2 Å². The lowest BCUT2D eigenvalue weighted by Gasteiger charge is -2.29. The SMILES string of the molecule is CCCC(F)(F)C[C@H](NC(=O)N1CCOCC1)C(=O)O. The lowest BCUT2D eigenvalue weighted by atomic mass is 10.0. The summed E-state index contributed by atoms with van der Waals surface area (Å²) in [7, 11) is 0. The number of alkyl halides is 2. The number of carboxylic acids is 1. The van der Waals surface area contributed by atoms with Crippen LogP contribution in [0.2, 0.25) is 0 Å². The second-order valence-electron chi connectivity index (χ2n) is 4.75. The molecule has 1 saturated heterocycles. The zero-order valence-electron chi connectivity index (χ0n) is 11.4. The fourth-order valence-corrected chi connectivity index (χ4v) is 1.97. The van der Waals surface area contributed by atoms with Gasteiger partial charge in [-0.15, -0.1) is 0 Å². The van der Waals surface area contributed by atoms with Gasteiger partial charge in [0, 0.05) is 25.9 Å². The number of nitrogens with one attached hydrogen (secondary N) is 1. The molecule has 0 spiro atoms. The van der Waals surface area contributed by atoms with Gasteiger partial charge in [0.1, 0.15) is 6.04 Å². The van der Waals surface area contributed by atoms with E-state index in [0.29, 0.717) is 26.3 Å². The molecular formula is C12H20F2N2O4. The van der Waals surface area contributed by atoms with Crippen LogP contribution in [-0.4, -0.2) is 60.3 Å². The summed E-state index contributed by atoms with van der Waals surface area (Å²) in [5.41, 5.74) is 0. The highest BCUT2D eigenvalue weighted by Gasteiger charge is 2.36. The first-order valence-corrected chi connectivity index (χ1v) is 6.59. The average molecular weight is 294 g/mol. The van der Waals surface area contributed by atoms with Crippen molar-refractivity contribution in [2.45, 2.75) is 38.2 Å². The largest absolute Gasteiger partial charge is 0.480 e. The molecule has 116 valence electrons. The number of halogens is 2. The van der Waals surface area contributed by atoms with Crippen LogP contribution in [0.15, 0.2) is 0 Å². The van der Waals surface area contributed by atoms with Crippen molar-refractivity contribution in [1.29, 1.82) is 0 Å². The van der Waals surface area contributed by atoms with Crippen molar-refractivity contribution in [3.8, 4) is 0 Å². The van der Waals surface area contributed by atoms with E-state index < -0.39 is 36.8 Å². The molecule has 2 N–H and O–H groups in total. The lowest BCUT2D eigenvalue weighted by molar-refractivity contribution is -0.142. The van der Waals surface area contributed by atoms with Gasteiger partial charge < -0.3 is 20.1 Å². The Balaban J connectivity index is 2.58. The zero-order valence-corrected chi connectivity index (χ0v) is 11.4. The molecule has 1 rings (SSSR count). The number of carbonyl (C=O) groups is 2. The second kappa shape index (κ2) is 7.37. The van der Waals surface area contributed by atoms with Crippen LogP contribution >= 0.6 is 0 Å². The van der Waals surface area contributed by atoms with Crippen LogP contribution < -0.4 is 5.32 Å². The predicted molar refractivity (Wildman–Crippen MR) is 66.8 cm³/mol. The molecule has 20 heavy (non-hydrogen) atoms. The maximum absolute atomic E-state index is 13.5. The Morgan fingerprint density at radius 2 is 2.00 bits per heavy atom. The molecule has 0 aromatic rings. The predicted octanol–water partition coefficient (Wildman–Crippen LogP) is 1.31. The van der Waals surface area contributed by atoms with Crippen LogP contribution in [0.5, 0.6) is 0 Å². The van der Waals surface area contributed by atoms with E-state index in [-0.39, 0.29) is 6.42 Å². The Kier molecular flexibility index (Phi) is 6.12. The van der Waals surface area contributed by atoms with E-state index in [2.05, 4.69) is 5.32 Å². The number of ether oxygens (including phenoxy) is 1.